The largest absolute Gasteiger partial charge is 0.511 e. The molecule has 0 amide bonds. The lowest BCUT2D eigenvalue weighted by Gasteiger charge is -2.17. The van der Waals surface area contributed by atoms with Crippen molar-refractivity contribution in [2.24, 2.45) is 0 Å². The average Bonchev–Trinajstić information content (AvgIpc) is 2.99. The van der Waals surface area contributed by atoms with Crippen molar-refractivity contribution in [2.75, 3.05) is 27.0 Å². The Hall–Kier alpha value is -4.61. The molecule has 11 heteroatoms. The van der Waals surface area contributed by atoms with E-state index < -0.39 is 15.9 Å². The van der Waals surface area contributed by atoms with Crippen LogP contribution in [0.3, 0.4) is 0 Å². The number of aromatic hydroxyl groups is 2. The van der Waals surface area contributed by atoms with Crippen LogP contribution in [-0.2, 0) is 23.1 Å². The van der Waals surface area contributed by atoms with E-state index >= 15 is 0 Å². The summed E-state index contributed by atoms with van der Waals surface area (Å²) < 4.78 is 42.6. The molecule has 0 spiro atoms. The van der Waals surface area contributed by atoms with Crippen LogP contribution in [0.4, 0.5) is 0 Å². The molecular formula is C35H46N2O8S+2. The second-order valence-corrected chi connectivity index (χ2v) is 12.2. The first-order valence-electron chi connectivity index (χ1n) is 14.5. The quantitative estimate of drug-likeness (QED) is 0.0770. The van der Waals surface area contributed by atoms with Gasteiger partial charge in [-0.3, -0.25) is 4.55 Å². The molecule has 2 heterocycles. The Labute approximate surface area is 271 Å². The van der Waals surface area contributed by atoms with Crippen molar-refractivity contribution in [3.05, 3.63) is 90.0 Å². The van der Waals surface area contributed by atoms with Gasteiger partial charge in [0.1, 0.15) is 18.6 Å². The highest BCUT2D eigenvalue weighted by molar-refractivity contribution is 7.85. The summed E-state index contributed by atoms with van der Waals surface area (Å²) >= 11 is 0. The molecule has 0 saturated carbocycles. The second kappa shape index (κ2) is 16.6. The van der Waals surface area contributed by atoms with Crippen molar-refractivity contribution >= 4 is 26.6 Å². The number of hydrogen-bond donors (Lipinski definition) is 4. The first kappa shape index (κ1) is 37.6. The summed E-state index contributed by atoms with van der Waals surface area (Å²) in [7, 11) is 1.09. The standard InChI is InChI=1S/C19H17NO4.C12H20N.C4H8O4S/c1-23-17-4-3-11-7-15-13-9-16(21)18(24-2)8-12(13)5-6-20(15)10-14(11)19(17)22;1-7-8-13(6)12(5)11(4)9-10(2)3;1-2-4(5)3-9(6,7)8/h3-4,7-10,21H,5-6H2,1-2H3;7-9H,2H2,1,3-6H3;2,5H,3H2,1H3,(H,6,7,8)/q;+1;/p+1/b;8-7-,11-9+,13-12-;4-2+. The molecule has 10 nitrogen and oxygen atoms in total. The monoisotopic (exact) mass is 654 g/mol. The van der Waals surface area contributed by atoms with Gasteiger partial charge >= 0.3 is 0 Å². The van der Waals surface area contributed by atoms with E-state index in [1.165, 1.54) is 24.3 Å². The van der Waals surface area contributed by atoms with E-state index in [0.717, 1.165) is 46.1 Å². The van der Waals surface area contributed by atoms with Crippen molar-refractivity contribution < 1.29 is 46.9 Å². The molecule has 46 heavy (non-hydrogen) atoms. The molecule has 0 bridgehead atoms. The molecule has 248 valence electrons. The van der Waals surface area contributed by atoms with Crippen LogP contribution in [-0.4, -0.2) is 65.6 Å². The molecule has 0 aliphatic carbocycles. The molecule has 1 aliphatic rings. The van der Waals surface area contributed by atoms with Gasteiger partial charge in [0.05, 0.1) is 25.2 Å². The minimum Gasteiger partial charge on any atom is -0.511 e. The zero-order chi connectivity index (χ0) is 34.8. The molecule has 0 atom stereocenters. The Morgan fingerprint density at radius 3 is 2.24 bits per heavy atom. The number of aromatic nitrogens is 1. The Bertz CT molecular complexity index is 1820. The predicted octanol–water partition coefficient (Wildman–Crippen LogP) is 6.26. The lowest BCUT2D eigenvalue weighted by atomic mass is 9.95. The van der Waals surface area contributed by atoms with Gasteiger partial charge in [-0.25, -0.2) is 4.58 Å². The van der Waals surface area contributed by atoms with Gasteiger partial charge in [0.2, 0.25) is 5.69 Å². The number of allylic oxidation sites excluding steroid dienone is 5. The summed E-state index contributed by atoms with van der Waals surface area (Å²) in [6.07, 6.45) is 10.1. The Kier molecular flexibility index (Phi) is 13.6. The van der Waals surface area contributed by atoms with Crippen LogP contribution in [0.2, 0.25) is 0 Å². The lowest BCUT2D eigenvalue weighted by Crippen LogP contribution is -2.40. The Morgan fingerprint density at radius 1 is 1.07 bits per heavy atom. The number of hydrogen-bond acceptors (Lipinski definition) is 7. The highest BCUT2D eigenvalue weighted by atomic mass is 32.2. The normalized spacial score (nSPS) is 13.4. The van der Waals surface area contributed by atoms with Crippen LogP contribution >= 0.6 is 0 Å². The zero-order valence-electron chi connectivity index (χ0n) is 27.8. The summed E-state index contributed by atoms with van der Waals surface area (Å²) in [4.78, 5) is 0. The van der Waals surface area contributed by atoms with Crippen molar-refractivity contribution in [1.29, 1.82) is 0 Å². The van der Waals surface area contributed by atoms with Crippen molar-refractivity contribution in [1.82, 2.24) is 0 Å². The number of rotatable bonds is 7. The van der Waals surface area contributed by atoms with Crippen LogP contribution in [0.15, 0.2) is 84.4 Å². The number of fused-ring (bicyclic) bond motifs is 4. The number of aryl methyl sites for hydroxylation is 2. The number of aliphatic hydroxyl groups excluding tert-OH is 1. The van der Waals surface area contributed by atoms with Crippen LogP contribution in [0.5, 0.6) is 23.0 Å². The molecule has 4 N–H and O–H groups in total. The number of nitrogens with zero attached hydrogens (tertiary/aromatic N) is 2. The fourth-order valence-electron chi connectivity index (χ4n) is 4.72. The maximum absolute atomic E-state index is 10.4. The molecular weight excluding hydrogens is 608 g/mol. The molecule has 1 aromatic heterocycles. The number of phenols is 2. The fourth-order valence-corrected chi connectivity index (χ4v) is 5.26. The summed E-state index contributed by atoms with van der Waals surface area (Å²) in [5.74, 6) is 0.171. The number of benzene rings is 2. The topological polar surface area (TPSA) is 140 Å². The van der Waals surface area contributed by atoms with Crippen LogP contribution in [0, 0.1) is 0 Å². The second-order valence-electron chi connectivity index (χ2n) is 10.8. The first-order chi connectivity index (χ1) is 21.6. The van der Waals surface area contributed by atoms with E-state index in [-0.39, 0.29) is 17.3 Å². The van der Waals surface area contributed by atoms with Gasteiger partial charge in [0.15, 0.2) is 47.7 Å². The van der Waals surface area contributed by atoms with Gasteiger partial charge in [-0.1, -0.05) is 18.2 Å². The fraction of sp³-hybridized carbons (Fsp3) is 0.314. The Morgan fingerprint density at radius 2 is 1.72 bits per heavy atom. The first-order valence-corrected chi connectivity index (χ1v) is 16.1. The van der Waals surface area contributed by atoms with E-state index in [2.05, 4.69) is 35.6 Å². The third-order valence-corrected chi connectivity index (χ3v) is 7.88. The Balaban J connectivity index is 0.000000283. The predicted molar refractivity (Wildman–Crippen MR) is 183 cm³/mol. The molecule has 4 rings (SSSR count). The minimum atomic E-state index is -4.05. The zero-order valence-corrected chi connectivity index (χ0v) is 28.6. The minimum absolute atomic E-state index is 0.127. The lowest BCUT2D eigenvalue weighted by molar-refractivity contribution is -0.686. The third-order valence-electron chi connectivity index (χ3n) is 7.22. The molecule has 0 fully saturated rings. The van der Waals surface area contributed by atoms with Crippen molar-refractivity contribution in [3.8, 4) is 34.3 Å². The van der Waals surface area contributed by atoms with E-state index in [1.54, 1.807) is 26.4 Å². The van der Waals surface area contributed by atoms with Crippen molar-refractivity contribution in [3.63, 3.8) is 0 Å². The summed E-state index contributed by atoms with van der Waals surface area (Å²) in [5.41, 5.74) is 6.73. The molecule has 3 aromatic rings. The maximum Gasteiger partial charge on any atom is 0.272 e. The van der Waals surface area contributed by atoms with Crippen LogP contribution < -0.4 is 14.0 Å². The number of methoxy groups -OCH3 is 2. The maximum atomic E-state index is 10.4. The third kappa shape index (κ3) is 10.2. The van der Waals surface area contributed by atoms with Crippen LogP contribution in [0.1, 0.15) is 40.2 Å². The van der Waals surface area contributed by atoms with Gasteiger partial charge in [0, 0.05) is 25.0 Å². The highest BCUT2D eigenvalue weighted by Gasteiger charge is 2.26. The number of aliphatic hydroxyl groups is 1. The average molecular weight is 655 g/mol. The molecule has 0 unspecified atom stereocenters. The summed E-state index contributed by atoms with van der Waals surface area (Å²) in [6.45, 7) is 14.4. The smallest absolute Gasteiger partial charge is 0.272 e. The van der Waals surface area contributed by atoms with Gasteiger partial charge in [-0.15, -0.1) is 0 Å². The molecule has 2 aromatic carbocycles. The molecule has 0 saturated heterocycles. The van der Waals surface area contributed by atoms with E-state index in [0.29, 0.717) is 11.5 Å². The van der Waals surface area contributed by atoms with Gasteiger partial charge < -0.3 is 24.8 Å². The highest BCUT2D eigenvalue weighted by Crippen LogP contribution is 2.39. The number of phenolic OH excluding ortho intramolecular Hbond substituents is 2. The molecule has 1 aliphatic heterocycles. The van der Waals surface area contributed by atoms with E-state index in [9.17, 15) is 18.6 Å². The summed E-state index contributed by atoms with van der Waals surface area (Å²) in [6, 6.07) is 9.34. The van der Waals surface area contributed by atoms with Crippen molar-refractivity contribution in [2.45, 2.75) is 47.6 Å². The summed E-state index contributed by atoms with van der Waals surface area (Å²) in [5, 5.41) is 30.7. The van der Waals surface area contributed by atoms with Gasteiger partial charge in [-0.05, 0) is 75.1 Å². The number of ether oxygens (including phenoxy) is 2. The van der Waals surface area contributed by atoms with Gasteiger partial charge in [0.25, 0.3) is 10.1 Å². The van der Waals surface area contributed by atoms with E-state index in [4.69, 9.17) is 19.1 Å². The van der Waals surface area contributed by atoms with E-state index in [1.807, 2.05) is 57.6 Å². The van der Waals surface area contributed by atoms with Crippen LogP contribution in [0.25, 0.3) is 22.0 Å². The SMILES string of the molecule is C/C=C(/O)CS(=O)(=O)O.C=C(C)/C=C(C)/C(C)=[N+](C)\C=C/C.COc1cc2c(cc1O)-c1cc3ccc(OC)c(O)c3c[n+]1CC2. The molecule has 0 radical (unpaired) electrons. The van der Waals surface area contributed by atoms with Gasteiger partial charge in [-0.2, -0.15) is 13.0 Å². The number of pyridine rings is 1.